The summed E-state index contributed by atoms with van der Waals surface area (Å²) in [7, 11) is 1.49. The summed E-state index contributed by atoms with van der Waals surface area (Å²) in [5.41, 5.74) is 1.37. The summed E-state index contributed by atoms with van der Waals surface area (Å²) in [5, 5.41) is 11.2. The van der Waals surface area contributed by atoms with E-state index in [-0.39, 0.29) is 23.0 Å². The first-order valence-electron chi connectivity index (χ1n) is 11.0. The molecule has 2 heterocycles. The second-order valence-electron chi connectivity index (χ2n) is 8.19. The highest BCUT2D eigenvalue weighted by Gasteiger charge is 2.47. The number of ketones is 1. The number of Topliss-reactive ketones (excluding diaryl/α,β-unsaturated/α-hetero) is 1. The van der Waals surface area contributed by atoms with Crippen LogP contribution in [-0.4, -0.2) is 41.0 Å². The molecule has 1 unspecified atom stereocenters. The van der Waals surface area contributed by atoms with E-state index in [1.54, 1.807) is 68.4 Å². The molecule has 1 amide bonds. The summed E-state index contributed by atoms with van der Waals surface area (Å²) >= 11 is 0. The van der Waals surface area contributed by atoms with Gasteiger partial charge in [-0.3, -0.25) is 19.5 Å². The molecular weight excluding hydrogens is 448 g/mol. The number of aliphatic hydroxyl groups excluding tert-OH is 1. The molecule has 178 valence electrons. The zero-order valence-electron chi connectivity index (χ0n) is 19.5. The van der Waals surface area contributed by atoms with Crippen LogP contribution in [0.1, 0.15) is 41.4 Å². The van der Waals surface area contributed by atoms with E-state index in [9.17, 15) is 19.5 Å². The first kappa shape index (κ1) is 23.7. The lowest BCUT2D eigenvalue weighted by atomic mass is 9.95. The van der Waals surface area contributed by atoms with E-state index in [4.69, 9.17) is 9.47 Å². The minimum absolute atomic E-state index is 0.0791. The number of aliphatic hydroxyl groups is 1. The van der Waals surface area contributed by atoms with Crippen LogP contribution in [0.25, 0.3) is 5.76 Å². The molecule has 1 N–H and O–H groups in total. The highest BCUT2D eigenvalue weighted by Crippen LogP contribution is 2.42. The highest BCUT2D eigenvalue weighted by molar-refractivity contribution is 6.51. The van der Waals surface area contributed by atoms with Crippen LogP contribution in [-0.2, 0) is 14.3 Å². The first-order chi connectivity index (χ1) is 16.8. The van der Waals surface area contributed by atoms with Crippen LogP contribution in [0.3, 0.4) is 0 Å². The van der Waals surface area contributed by atoms with Crippen molar-refractivity contribution in [3.8, 4) is 5.75 Å². The normalized spacial score (nSPS) is 17.0. The Morgan fingerprint density at radius 1 is 1.00 bits per heavy atom. The second-order valence-corrected chi connectivity index (χ2v) is 8.19. The molecule has 0 saturated carbocycles. The molecular formula is C27H24N2O6. The third-order valence-corrected chi connectivity index (χ3v) is 5.51. The summed E-state index contributed by atoms with van der Waals surface area (Å²) in [5.74, 6) is -2.06. The molecule has 1 aromatic heterocycles. The molecule has 1 fully saturated rings. The summed E-state index contributed by atoms with van der Waals surface area (Å²) < 4.78 is 10.5. The van der Waals surface area contributed by atoms with E-state index < -0.39 is 23.7 Å². The Morgan fingerprint density at radius 2 is 1.69 bits per heavy atom. The predicted octanol–water partition coefficient (Wildman–Crippen LogP) is 4.28. The maximum atomic E-state index is 13.3. The third kappa shape index (κ3) is 4.63. The van der Waals surface area contributed by atoms with Gasteiger partial charge in [-0.1, -0.05) is 18.2 Å². The molecule has 1 atom stereocenters. The number of esters is 1. The van der Waals surface area contributed by atoms with Gasteiger partial charge in [-0.25, -0.2) is 4.79 Å². The van der Waals surface area contributed by atoms with E-state index in [0.29, 0.717) is 22.6 Å². The van der Waals surface area contributed by atoms with Crippen molar-refractivity contribution in [3.05, 3.63) is 95.3 Å². The maximum absolute atomic E-state index is 13.3. The van der Waals surface area contributed by atoms with Crippen molar-refractivity contribution in [2.45, 2.75) is 26.0 Å². The summed E-state index contributed by atoms with van der Waals surface area (Å²) in [4.78, 5) is 44.3. The molecule has 8 nitrogen and oxygen atoms in total. The minimum atomic E-state index is -0.944. The van der Waals surface area contributed by atoms with Crippen LogP contribution < -0.4 is 9.64 Å². The maximum Gasteiger partial charge on any atom is 0.338 e. The van der Waals surface area contributed by atoms with Gasteiger partial charge in [-0.2, -0.15) is 0 Å². The molecule has 0 aliphatic carbocycles. The number of carbonyl (C=O) groups is 3. The number of anilines is 1. The molecule has 4 rings (SSSR count). The number of nitrogens with zero attached hydrogens (tertiary/aromatic N) is 2. The fraction of sp³-hybridized carbons (Fsp3) is 0.185. The fourth-order valence-electron chi connectivity index (χ4n) is 3.95. The Labute approximate surface area is 202 Å². The van der Waals surface area contributed by atoms with Gasteiger partial charge >= 0.3 is 5.97 Å². The van der Waals surface area contributed by atoms with Crippen molar-refractivity contribution in [1.29, 1.82) is 0 Å². The van der Waals surface area contributed by atoms with Gasteiger partial charge < -0.3 is 14.6 Å². The number of amides is 1. The molecule has 8 heteroatoms. The number of ether oxygens (including phenoxy) is 2. The van der Waals surface area contributed by atoms with Gasteiger partial charge in [0.25, 0.3) is 11.7 Å². The topological polar surface area (TPSA) is 106 Å². The van der Waals surface area contributed by atoms with Crippen molar-refractivity contribution < 1.29 is 29.0 Å². The van der Waals surface area contributed by atoms with Gasteiger partial charge in [0, 0.05) is 23.6 Å². The Hall–Kier alpha value is -4.46. The quantitative estimate of drug-likeness (QED) is 0.247. The lowest BCUT2D eigenvalue weighted by Crippen LogP contribution is -2.29. The fourth-order valence-corrected chi connectivity index (χ4v) is 3.95. The van der Waals surface area contributed by atoms with E-state index in [2.05, 4.69) is 4.98 Å². The number of benzene rings is 2. The van der Waals surface area contributed by atoms with Crippen LogP contribution in [0.15, 0.2) is 78.6 Å². The lowest BCUT2D eigenvalue weighted by molar-refractivity contribution is -0.132. The van der Waals surface area contributed by atoms with Gasteiger partial charge in [0.05, 0.1) is 30.4 Å². The number of aromatic nitrogens is 1. The van der Waals surface area contributed by atoms with Crippen molar-refractivity contribution in [1.82, 2.24) is 4.98 Å². The number of methoxy groups -OCH3 is 1. The number of hydrogen-bond acceptors (Lipinski definition) is 7. The van der Waals surface area contributed by atoms with Gasteiger partial charge in [-0.05, 0) is 61.9 Å². The van der Waals surface area contributed by atoms with Crippen LogP contribution in [0.2, 0.25) is 0 Å². The Balaban J connectivity index is 1.88. The van der Waals surface area contributed by atoms with Crippen LogP contribution in [0, 0.1) is 0 Å². The van der Waals surface area contributed by atoms with Gasteiger partial charge in [0.2, 0.25) is 0 Å². The van der Waals surface area contributed by atoms with Gasteiger partial charge in [0.15, 0.2) is 0 Å². The summed E-state index contributed by atoms with van der Waals surface area (Å²) in [6, 6.07) is 15.3. The molecule has 1 aliphatic heterocycles. The van der Waals surface area contributed by atoms with E-state index >= 15 is 0 Å². The Kier molecular flexibility index (Phi) is 6.64. The van der Waals surface area contributed by atoms with Crippen LogP contribution in [0.5, 0.6) is 5.75 Å². The monoisotopic (exact) mass is 472 g/mol. The van der Waals surface area contributed by atoms with Crippen molar-refractivity contribution in [3.63, 3.8) is 0 Å². The van der Waals surface area contributed by atoms with Crippen molar-refractivity contribution in [2.75, 3.05) is 12.0 Å². The van der Waals surface area contributed by atoms with Crippen molar-refractivity contribution >= 4 is 29.1 Å². The average Bonchev–Trinajstić information content (AvgIpc) is 3.14. The van der Waals surface area contributed by atoms with Crippen LogP contribution >= 0.6 is 0 Å². The number of rotatable bonds is 6. The molecule has 3 aromatic rings. The smallest absolute Gasteiger partial charge is 0.338 e. The highest BCUT2D eigenvalue weighted by atomic mass is 16.5. The summed E-state index contributed by atoms with van der Waals surface area (Å²) in [6.07, 6.45) is 2.76. The van der Waals surface area contributed by atoms with Crippen molar-refractivity contribution in [2.24, 2.45) is 0 Å². The van der Waals surface area contributed by atoms with E-state index in [1.807, 2.05) is 0 Å². The number of carbonyl (C=O) groups excluding carboxylic acids is 3. The molecule has 0 bridgehead atoms. The van der Waals surface area contributed by atoms with E-state index in [0.717, 1.165) is 0 Å². The standard InChI is InChI=1S/C27H24N2O6/c1-16(2)35-27(33)19-7-4-8-20(14-19)29-23(17-10-12-28-13-11-17)22(25(31)26(29)32)24(30)18-6-5-9-21(15-18)34-3/h4-16,23,30H,1-3H3/b24-22+. The molecule has 0 radical (unpaired) electrons. The second kappa shape index (κ2) is 9.80. The average molecular weight is 472 g/mol. The molecule has 0 spiro atoms. The lowest BCUT2D eigenvalue weighted by Gasteiger charge is -2.25. The zero-order chi connectivity index (χ0) is 25.1. The molecule has 2 aromatic carbocycles. The Morgan fingerprint density at radius 3 is 2.37 bits per heavy atom. The predicted molar refractivity (Wildman–Crippen MR) is 129 cm³/mol. The van der Waals surface area contributed by atoms with E-state index in [1.165, 1.54) is 30.5 Å². The third-order valence-electron chi connectivity index (χ3n) is 5.51. The number of hydrogen-bond donors (Lipinski definition) is 1. The summed E-state index contributed by atoms with van der Waals surface area (Å²) in [6.45, 7) is 3.48. The molecule has 1 saturated heterocycles. The minimum Gasteiger partial charge on any atom is -0.507 e. The SMILES string of the molecule is COc1cccc(/C(O)=C2\C(=O)C(=O)N(c3cccc(C(=O)OC(C)C)c3)C2c2ccncc2)c1. The number of pyridine rings is 1. The molecule has 35 heavy (non-hydrogen) atoms. The largest absolute Gasteiger partial charge is 0.507 e. The first-order valence-corrected chi connectivity index (χ1v) is 11.0. The van der Waals surface area contributed by atoms with Gasteiger partial charge in [-0.15, -0.1) is 0 Å². The van der Waals surface area contributed by atoms with Gasteiger partial charge in [0.1, 0.15) is 11.5 Å². The molecule has 1 aliphatic rings. The van der Waals surface area contributed by atoms with Crippen LogP contribution in [0.4, 0.5) is 5.69 Å². The Bertz CT molecular complexity index is 1320. The zero-order valence-corrected chi connectivity index (χ0v) is 19.5.